The molecular formula is C12H12ClN3O2S. The van der Waals surface area contributed by atoms with E-state index in [0.717, 1.165) is 5.01 Å². The van der Waals surface area contributed by atoms with Gasteiger partial charge in [0.05, 0.1) is 21.6 Å². The van der Waals surface area contributed by atoms with Crippen molar-refractivity contribution in [1.29, 1.82) is 0 Å². The van der Waals surface area contributed by atoms with Crippen molar-refractivity contribution in [2.45, 2.75) is 19.5 Å². The third-order valence-corrected chi connectivity index (χ3v) is 4.01. The van der Waals surface area contributed by atoms with E-state index in [4.69, 9.17) is 11.6 Å². The predicted octanol–water partition coefficient (Wildman–Crippen LogP) is 3.56. The lowest BCUT2D eigenvalue weighted by atomic mass is 10.1. The highest BCUT2D eigenvalue weighted by Gasteiger charge is 2.17. The first kappa shape index (κ1) is 13.9. The number of nitro benzene ring substituents is 1. The lowest BCUT2D eigenvalue weighted by molar-refractivity contribution is -0.385. The van der Waals surface area contributed by atoms with Gasteiger partial charge in [0, 0.05) is 24.2 Å². The van der Waals surface area contributed by atoms with Gasteiger partial charge in [0.15, 0.2) is 0 Å². The van der Waals surface area contributed by atoms with Gasteiger partial charge < -0.3 is 5.32 Å². The Morgan fingerprint density at radius 1 is 1.58 bits per heavy atom. The van der Waals surface area contributed by atoms with Crippen LogP contribution in [-0.4, -0.2) is 9.91 Å². The largest absolute Gasteiger partial charge is 0.304 e. The molecule has 0 radical (unpaired) electrons. The maximum absolute atomic E-state index is 11.0. The monoisotopic (exact) mass is 297 g/mol. The summed E-state index contributed by atoms with van der Waals surface area (Å²) in [5, 5.41) is 17.4. The molecule has 0 saturated carbocycles. The zero-order valence-electron chi connectivity index (χ0n) is 10.2. The molecular weight excluding hydrogens is 286 g/mol. The van der Waals surface area contributed by atoms with Crippen molar-refractivity contribution in [2.24, 2.45) is 0 Å². The Hall–Kier alpha value is -1.50. The summed E-state index contributed by atoms with van der Waals surface area (Å²) in [6.07, 6.45) is 1.73. The molecule has 1 unspecified atom stereocenters. The molecule has 0 fully saturated rings. The first-order valence-corrected chi connectivity index (χ1v) is 6.90. The van der Waals surface area contributed by atoms with E-state index in [9.17, 15) is 10.1 Å². The first-order chi connectivity index (χ1) is 9.09. The number of thiazole rings is 1. The quantitative estimate of drug-likeness (QED) is 0.677. The number of nitro groups is 1. The summed E-state index contributed by atoms with van der Waals surface area (Å²) < 4.78 is 0. The first-order valence-electron chi connectivity index (χ1n) is 5.64. The number of benzene rings is 1. The van der Waals surface area contributed by atoms with Gasteiger partial charge in [0.25, 0.3) is 5.69 Å². The van der Waals surface area contributed by atoms with Crippen LogP contribution in [0.2, 0.25) is 5.02 Å². The second-order valence-corrected chi connectivity index (χ2v) is 5.30. The molecule has 0 aliphatic rings. The van der Waals surface area contributed by atoms with Gasteiger partial charge in [-0.2, -0.15) is 0 Å². The van der Waals surface area contributed by atoms with Crippen molar-refractivity contribution >= 4 is 28.6 Å². The van der Waals surface area contributed by atoms with E-state index in [0.29, 0.717) is 17.1 Å². The Bertz CT molecular complexity index is 574. The fourth-order valence-corrected chi connectivity index (χ4v) is 2.59. The SMILES string of the molecule is CC(NCc1c(Cl)cccc1[N+](=O)[O-])c1nccs1. The van der Waals surface area contributed by atoms with E-state index in [-0.39, 0.29) is 11.7 Å². The summed E-state index contributed by atoms with van der Waals surface area (Å²) in [7, 11) is 0. The highest BCUT2D eigenvalue weighted by Crippen LogP contribution is 2.27. The maximum Gasteiger partial charge on any atom is 0.275 e. The molecule has 1 aromatic heterocycles. The van der Waals surface area contributed by atoms with Crippen LogP contribution < -0.4 is 5.32 Å². The molecule has 1 heterocycles. The fourth-order valence-electron chi connectivity index (χ4n) is 1.68. The van der Waals surface area contributed by atoms with Gasteiger partial charge in [0.1, 0.15) is 5.01 Å². The minimum absolute atomic E-state index is 0.0240. The zero-order chi connectivity index (χ0) is 13.8. The second kappa shape index (κ2) is 6.10. The molecule has 0 aliphatic carbocycles. The topological polar surface area (TPSA) is 68.1 Å². The summed E-state index contributed by atoms with van der Waals surface area (Å²) in [6, 6.07) is 4.71. The maximum atomic E-state index is 11.0. The van der Waals surface area contributed by atoms with Gasteiger partial charge >= 0.3 is 0 Å². The molecule has 2 rings (SSSR count). The summed E-state index contributed by atoms with van der Waals surface area (Å²) in [5.41, 5.74) is 0.531. The van der Waals surface area contributed by atoms with Gasteiger partial charge in [-0.15, -0.1) is 11.3 Å². The molecule has 100 valence electrons. The molecule has 0 amide bonds. The third kappa shape index (κ3) is 3.28. The number of hydrogen-bond donors (Lipinski definition) is 1. The molecule has 0 saturated heterocycles. The lowest BCUT2D eigenvalue weighted by Gasteiger charge is -2.12. The molecule has 0 aliphatic heterocycles. The van der Waals surface area contributed by atoms with E-state index in [1.807, 2.05) is 12.3 Å². The van der Waals surface area contributed by atoms with Crippen LogP contribution in [0, 0.1) is 10.1 Å². The van der Waals surface area contributed by atoms with Gasteiger partial charge in [0.2, 0.25) is 0 Å². The average Bonchev–Trinajstić information content (AvgIpc) is 2.90. The third-order valence-electron chi connectivity index (χ3n) is 2.70. The summed E-state index contributed by atoms with van der Waals surface area (Å²) in [4.78, 5) is 14.7. The van der Waals surface area contributed by atoms with Crippen molar-refractivity contribution in [3.8, 4) is 0 Å². The molecule has 1 N–H and O–H groups in total. The Balaban J connectivity index is 2.13. The molecule has 5 nitrogen and oxygen atoms in total. The Morgan fingerprint density at radius 2 is 2.37 bits per heavy atom. The summed E-state index contributed by atoms with van der Waals surface area (Å²) >= 11 is 7.56. The van der Waals surface area contributed by atoms with Crippen LogP contribution in [0.3, 0.4) is 0 Å². The van der Waals surface area contributed by atoms with E-state index in [2.05, 4.69) is 10.3 Å². The predicted molar refractivity (Wildman–Crippen MR) is 75.5 cm³/mol. The van der Waals surface area contributed by atoms with Crippen LogP contribution >= 0.6 is 22.9 Å². The minimum Gasteiger partial charge on any atom is -0.304 e. The normalized spacial score (nSPS) is 12.3. The Kier molecular flexibility index (Phi) is 4.47. The van der Waals surface area contributed by atoms with Crippen LogP contribution in [-0.2, 0) is 6.54 Å². The van der Waals surface area contributed by atoms with Crippen molar-refractivity contribution in [1.82, 2.24) is 10.3 Å². The summed E-state index contributed by atoms with van der Waals surface area (Å²) in [5.74, 6) is 0. The van der Waals surface area contributed by atoms with Gasteiger partial charge in [-0.1, -0.05) is 17.7 Å². The second-order valence-electron chi connectivity index (χ2n) is 3.97. The Morgan fingerprint density at radius 3 is 3.00 bits per heavy atom. The van der Waals surface area contributed by atoms with E-state index in [1.165, 1.54) is 6.07 Å². The number of aromatic nitrogens is 1. The molecule has 1 aromatic carbocycles. The molecule has 2 aromatic rings. The van der Waals surface area contributed by atoms with Crippen molar-refractivity contribution in [3.63, 3.8) is 0 Å². The highest BCUT2D eigenvalue weighted by atomic mass is 35.5. The minimum atomic E-state index is -0.420. The fraction of sp³-hybridized carbons (Fsp3) is 0.250. The number of hydrogen-bond acceptors (Lipinski definition) is 5. The van der Waals surface area contributed by atoms with Gasteiger partial charge in [-0.25, -0.2) is 4.98 Å². The highest BCUT2D eigenvalue weighted by molar-refractivity contribution is 7.09. The van der Waals surface area contributed by atoms with Crippen LogP contribution in [0.1, 0.15) is 23.5 Å². The van der Waals surface area contributed by atoms with Gasteiger partial charge in [-0.3, -0.25) is 10.1 Å². The number of halogens is 1. The molecule has 0 bridgehead atoms. The van der Waals surface area contributed by atoms with Crippen LogP contribution in [0.4, 0.5) is 5.69 Å². The number of nitrogens with zero attached hydrogens (tertiary/aromatic N) is 2. The molecule has 7 heteroatoms. The van der Waals surface area contributed by atoms with Crippen molar-refractivity contribution in [2.75, 3.05) is 0 Å². The molecule has 1 atom stereocenters. The number of rotatable bonds is 5. The van der Waals surface area contributed by atoms with Crippen LogP contribution in [0.5, 0.6) is 0 Å². The van der Waals surface area contributed by atoms with Crippen LogP contribution in [0.25, 0.3) is 0 Å². The molecule has 0 spiro atoms. The standard InChI is InChI=1S/C12H12ClN3O2S/c1-8(12-14-5-6-19-12)15-7-9-10(13)3-2-4-11(9)16(17)18/h2-6,8,15H,7H2,1H3. The summed E-state index contributed by atoms with van der Waals surface area (Å²) in [6.45, 7) is 2.29. The smallest absolute Gasteiger partial charge is 0.275 e. The lowest BCUT2D eigenvalue weighted by Crippen LogP contribution is -2.18. The number of nitrogens with one attached hydrogen (secondary N) is 1. The van der Waals surface area contributed by atoms with Crippen molar-refractivity contribution in [3.05, 3.63) is 55.5 Å². The van der Waals surface area contributed by atoms with Crippen LogP contribution in [0.15, 0.2) is 29.8 Å². The average molecular weight is 298 g/mol. The zero-order valence-corrected chi connectivity index (χ0v) is 11.7. The Labute approximate surface area is 119 Å². The van der Waals surface area contributed by atoms with E-state index in [1.54, 1.807) is 29.7 Å². The van der Waals surface area contributed by atoms with Gasteiger partial charge in [-0.05, 0) is 13.0 Å². The van der Waals surface area contributed by atoms with E-state index >= 15 is 0 Å². The molecule has 19 heavy (non-hydrogen) atoms. The van der Waals surface area contributed by atoms with E-state index < -0.39 is 4.92 Å². The van der Waals surface area contributed by atoms with Crippen molar-refractivity contribution < 1.29 is 4.92 Å².